The Kier molecular flexibility index (Phi) is 4.25. The van der Waals surface area contributed by atoms with Gasteiger partial charge in [0.05, 0.1) is 16.1 Å². The van der Waals surface area contributed by atoms with Crippen molar-refractivity contribution < 1.29 is 17.9 Å². The SMILES string of the molecule is COc1c(Br)cc([C@@H](N)C(F)(F)F)cc1Br. The molecule has 90 valence electrons. The molecule has 0 aliphatic heterocycles. The Balaban J connectivity index is 3.19. The molecule has 1 aromatic rings. The molecule has 0 aliphatic rings. The molecule has 1 atom stereocenters. The average molecular weight is 363 g/mol. The Bertz CT molecular complexity index is 372. The molecule has 0 aromatic heterocycles. The van der Waals surface area contributed by atoms with Crippen molar-refractivity contribution in [3.8, 4) is 5.75 Å². The van der Waals surface area contributed by atoms with Gasteiger partial charge in [0.2, 0.25) is 0 Å². The lowest BCUT2D eigenvalue weighted by Gasteiger charge is -2.17. The second kappa shape index (κ2) is 4.93. The summed E-state index contributed by atoms with van der Waals surface area (Å²) in [4.78, 5) is 0. The Labute approximate surface area is 107 Å². The maximum absolute atomic E-state index is 12.4. The van der Waals surface area contributed by atoms with Gasteiger partial charge in [0.15, 0.2) is 0 Å². The molecule has 0 aliphatic carbocycles. The summed E-state index contributed by atoms with van der Waals surface area (Å²) in [5.41, 5.74) is 5.06. The highest BCUT2D eigenvalue weighted by Gasteiger charge is 2.38. The van der Waals surface area contributed by atoms with Crippen molar-refractivity contribution in [1.29, 1.82) is 0 Å². The van der Waals surface area contributed by atoms with E-state index in [1.54, 1.807) is 0 Å². The molecule has 0 fully saturated rings. The summed E-state index contributed by atoms with van der Waals surface area (Å²) < 4.78 is 43.0. The molecule has 16 heavy (non-hydrogen) atoms. The molecule has 2 nitrogen and oxygen atoms in total. The fourth-order valence-electron chi connectivity index (χ4n) is 1.14. The van der Waals surface area contributed by atoms with Crippen LogP contribution in [-0.2, 0) is 0 Å². The van der Waals surface area contributed by atoms with Crippen LogP contribution in [0.1, 0.15) is 11.6 Å². The van der Waals surface area contributed by atoms with Crippen molar-refractivity contribution in [3.63, 3.8) is 0 Å². The molecule has 0 heterocycles. The van der Waals surface area contributed by atoms with Crippen LogP contribution in [0.5, 0.6) is 5.75 Å². The molecule has 0 unspecified atom stereocenters. The fraction of sp³-hybridized carbons (Fsp3) is 0.333. The van der Waals surface area contributed by atoms with Gasteiger partial charge in [0.1, 0.15) is 11.8 Å². The quantitative estimate of drug-likeness (QED) is 0.868. The highest BCUT2D eigenvalue weighted by atomic mass is 79.9. The topological polar surface area (TPSA) is 35.2 Å². The molecule has 7 heteroatoms. The van der Waals surface area contributed by atoms with Gasteiger partial charge in [-0.05, 0) is 49.6 Å². The number of rotatable bonds is 2. The predicted octanol–water partition coefficient (Wildman–Crippen LogP) is 3.78. The highest BCUT2D eigenvalue weighted by Crippen LogP contribution is 2.39. The van der Waals surface area contributed by atoms with Gasteiger partial charge in [-0.2, -0.15) is 13.2 Å². The minimum Gasteiger partial charge on any atom is -0.494 e. The van der Waals surface area contributed by atoms with Crippen molar-refractivity contribution in [2.24, 2.45) is 5.73 Å². The highest BCUT2D eigenvalue weighted by molar-refractivity contribution is 9.11. The van der Waals surface area contributed by atoms with Crippen LogP contribution in [0, 0.1) is 0 Å². The fourth-order valence-corrected chi connectivity index (χ4v) is 2.69. The standard InChI is InChI=1S/C9H8Br2F3NO/c1-16-7-5(10)2-4(3-6(7)11)8(15)9(12,13)14/h2-3,8H,15H2,1H3/t8-/m1/s1. The van der Waals surface area contributed by atoms with E-state index in [4.69, 9.17) is 10.5 Å². The normalized spacial score (nSPS) is 13.7. The van der Waals surface area contributed by atoms with Crippen molar-refractivity contribution in [1.82, 2.24) is 0 Å². The second-order valence-electron chi connectivity index (χ2n) is 3.04. The molecule has 0 bridgehead atoms. The van der Waals surface area contributed by atoms with Gasteiger partial charge >= 0.3 is 6.18 Å². The number of benzene rings is 1. The number of halogens is 5. The van der Waals surface area contributed by atoms with Crippen LogP contribution in [-0.4, -0.2) is 13.3 Å². The first kappa shape index (κ1) is 13.8. The number of ether oxygens (including phenoxy) is 1. The van der Waals surface area contributed by atoms with Crippen LogP contribution >= 0.6 is 31.9 Å². The van der Waals surface area contributed by atoms with Crippen molar-refractivity contribution in [2.45, 2.75) is 12.2 Å². The van der Waals surface area contributed by atoms with Gasteiger partial charge in [-0.3, -0.25) is 0 Å². The number of alkyl halides is 3. The minimum atomic E-state index is -4.46. The summed E-state index contributed by atoms with van der Waals surface area (Å²) >= 11 is 6.23. The Hall–Kier alpha value is -0.270. The molecule has 2 N–H and O–H groups in total. The van der Waals surface area contributed by atoms with Crippen LogP contribution in [0.4, 0.5) is 13.2 Å². The molecule has 0 saturated heterocycles. The monoisotopic (exact) mass is 361 g/mol. The van der Waals surface area contributed by atoms with Crippen molar-refractivity contribution in [2.75, 3.05) is 7.11 Å². The van der Waals surface area contributed by atoms with Crippen LogP contribution in [0.15, 0.2) is 21.1 Å². The lowest BCUT2D eigenvalue weighted by atomic mass is 10.1. The zero-order chi connectivity index (χ0) is 12.5. The van der Waals surface area contributed by atoms with Gasteiger partial charge in [-0.15, -0.1) is 0 Å². The number of nitrogens with two attached hydrogens (primary N) is 1. The van der Waals surface area contributed by atoms with Gasteiger partial charge in [0.25, 0.3) is 0 Å². The molecular formula is C9H8Br2F3NO. The summed E-state index contributed by atoms with van der Waals surface area (Å²) in [5, 5.41) is 0. The van der Waals surface area contributed by atoms with E-state index in [-0.39, 0.29) is 5.56 Å². The van der Waals surface area contributed by atoms with Crippen LogP contribution < -0.4 is 10.5 Å². The molecule has 1 aromatic carbocycles. The third kappa shape index (κ3) is 2.89. The third-order valence-corrected chi connectivity index (χ3v) is 3.11. The van der Waals surface area contributed by atoms with Gasteiger partial charge < -0.3 is 10.5 Å². The first-order valence-corrected chi connectivity index (χ1v) is 5.71. The summed E-state index contributed by atoms with van der Waals surface area (Å²) in [7, 11) is 1.42. The number of hydrogen-bond acceptors (Lipinski definition) is 2. The lowest BCUT2D eigenvalue weighted by Crippen LogP contribution is -2.28. The van der Waals surface area contributed by atoms with E-state index in [1.165, 1.54) is 19.2 Å². The van der Waals surface area contributed by atoms with E-state index >= 15 is 0 Å². The first-order chi connectivity index (χ1) is 7.27. The van der Waals surface area contributed by atoms with Crippen LogP contribution in [0.2, 0.25) is 0 Å². The largest absolute Gasteiger partial charge is 0.494 e. The predicted molar refractivity (Wildman–Crippen MR) is 61.4 cm³/mol. The zero-order valence-electron chi connectivity index (χ0n) is 8.11. The minimum absolute atomic E-state index is 0.0351. The smallest absolute Gasteiger partial charge is 0.407 e. The third-order valence-electron chi connectivity index (χ3n) is 1.94. The zero-order valence-corrected chi connectivity index (χ0v) is 11.3. The second-order valence-corrected chi connectivity index (χ2v) is 4.75. The van der Waals surface area contributed by atoms with Crippen molar-refractivity contribution >= 4 is 31.9 Å². The van der Waals surface area contributed by atoms with Gasteiger partial charge in [-0.1, -0.05) is 0 Å². The molecule has 0 amide bonds. The number of methoxy groups -OCH3 is 1. The molecular weight excluding hydrogens is 355 g/mol. The van der Waals surface area contributed by atoms with Gasteiger partial charge in [-0.25, -0.2) is 0 Å². The molecule has 0 radical (unpaired) electrons. The first-order valence-electron chi connectivity index (χ1n) is 4.12. The Morgan fingerprint density at radius 3 is 2.00 bits per heavy atom. The van der Waals surface area contributed by atoms with Crippen LogP contribution in [0.3, 0.4) is 0 Å². The summed E-state index contributed by atoms with van der Waals surface area (Å²) in [5.74, 6) is 0.429. The van der Waals surface area contributed by atoms with E-state index in [9.17, 15) is 13.2 Å². The molecule has 1 rings (SSSR count). The van der Waals surface area contributed by atoms with Crippen LogP contribution in [0.25, 0.3) is 0 Å². The van der Waals surface area contributed by atoms with E-state index in [0.717, 1.165) is 0 Å². The molecule has 0 spiro atoms. The number of hydrogen-bond donors (Lipinski definition) is 1. The average Bonchev–Trinajstić information content (AvgIpc) is 2.14. The molecule has 0 saturated carbocycles. The van der Waals surface area contributed by atoms with E-state index < -0.39 is 12.2 Å². The Morgan fingerprint density at radius 2 is 1.69 bits per heavy atom. The summed E-state index contributed by atoms with van der Waals surface area (Å²) in [6.45, 7) is 0. The summed E-state index contributed by atoms with van der Waals surface area (Å²) in [6, 6.07) is 0.578. The van der Waals surface area contributed by atoms with E-state index in [1.807, 2.05) is 0 Å². The van der Waals surface area contributed by atoms with Gasteiger partial charge in [0, 0.05) is 0 Å². The maximum Gasteiger partial charge on any atom is 0.407 e. The Morgan fingerprint density at radius 1 is 1.25 bits per heavy atom. The maximum atomic E-state index is 12.4. The van der Waals surface area contributed by atoms with E-state index in [0.29, 0.717) is 14.7 Å². The van der Waals surface area contributed by atoms with E-state index in [2.05, 4.69) is 31.9 Å². The lowest BCUT2D eigenvalue weighted by molar-refractivity contribution is -0.149. The summed E-state index contributed by atoms with van der Waals surface area (Å²) in [6.07, 6.45) is -4.46. The van der Waals surface area contributed by atoms with Crippen molar-refractivity contribution in [3.05, 3.63) is 26.6 Å².